The van der Waals surface area contributed by atoms with Crippen LogP contribution in [0, 0.1) is 0 Å². The van der Waals surface area contributed by atoms with E-state index in [4.69, 9.17) is 4.74 Å². The number of urea groups is 1. The maximum absolute atomic E-state index is 12.5. The molecule has 1 aromatic heterocycles. The number of rotatable bonds is 6. The number of carbonyl (C=O) groups is 1. The van der Waals surface area contributed by atoms with Gasteiger partial charge in [0, 0.05) is 37.9 Å². The van der Waals surface area contributed by atoms with Gasteiger partial charge in [-0.25, -0.2) is 13.2 Å². The van der Waals surface area contributed by atoms with E-state index in [-0.39, 0.29) is 24.5 Å². The van der Waals surface area contributed by atoms with E-state index in [1.807, 2.05) is 33.0 Å². The van der Waals surface area contributed by atoms with Crippen LogP contribution in [0.25, 0.3) is 11.4 Å². The summed E-state index contributed by atoms with van der Waals surface area (Å²) in [5.74, 6) is 0.559. The first-order valence-electron chi connectivity index (χ1n) is 9.37. The SMILES string of the molecule is CC1CN(S(=O)(=O)CCNC(=O)Nc2ccc(-c3nncn3C)cc2)CC(C)O1. The Morgan fingerprint density at radius 1 is 1.21 bits per heavy atom. The van der Waals surface area contributed by atoms with Gasteiger partial charge in [-0.3, -0.25) is 0 Å². The second-order valence-electron chi connectivity index (χ2n) is 7.11. The minimum atomic E-state index is -3.46. The summed E-state index contributed by atoms with van der Waals surface area (Å²) in [5.41, 5.74) is 1.46. The first-order valence-corrected chi connectivity index (χ1v) is 11.0. The summed E-state index contributed by atoms with van der Waals surface area (Å²) in [7, 11) is -1.61. The number of sulfonamides is 1. The molecule has 3 rings (SSSR count). The van der Waals surface area contributed by atoms with Crippen molar-refractivity contribution in [2.75, 3.05) is 30.7 Å². The highest BCUT2D eigenvalue weighted by atomic mass is 32.2. The lowest BCUT2D eigenvalue weighted by molar-refractivity contribution is -0.0440. The molecule has 0 aliphatic carbocycles. The molecule has 2 N–H and O–H groups in total. The Morgan fingerprint density at radius 2 is 1.86 bits per heavy atom. The van der Waals surface area contributed by atoms with Crippen molar-refractivity contribution in [1.82, 2.24) is 24.4 Å². The average molecular weight is 423 g/mol. The minimum absolute atomic E-state index is 0.0192. The number of aromatic nitrogens is 3. The number of nitrogens with zero attached hydrogens (tertiary/aromatic N) is 4. The molecule has 2 heterocycles. The molecule has 0 bridgehead atoms. The second-order valence-corrected chi connectivity index (χ2v) is 9.20. The Kier molecular flexibility index (Phi) is 6.50. The molecule has 0 saturated carbocycles. The molecule has 1 aromatic carbocycles. The van der Waals surface area contributed by atoms with Crippen LogP contribution in [0.5, 0.6) is 0 Å². The Morgan fingerprint density at radius 3 is 2.45 bits per heavy atom. The number of aryl methyl sites for hydroxylation is 1. The van der Waals surface area contributed by atoms with Crippen LogP contribution in [0.3, 0.4) is 0 Å². The van der Waals surface area contributed by atoms with Gasteiger partial charge in [0.05, 0.1) is 18.0 Å². The fourth-order valence-electron chi connectivity index (χ4n) is 3.20. The van der Waals surface area contributed by atoms with Gasteiger partial charge in [-0.1, -0.05) is 0 Å². The molecule has 1 fully saturated rings. The van der Waals surface area contributed by atoms with Gasteiger partial charge >= 0.3 is 6.03 Å². The van der Waals surface area contributed by atoms with Gasteiger partial charge in [-0.05, 0) is 38.1 Å². The number of amides is 2. The third kappa shape index (κ3) is 5.52. The fourth-order valence-corrected chi connectivity index (χ4v) is 4.70. The average Bonchev–Trinajstić information content (AvgIpc) is 3.07. The zero-order chi connectivity index (χ0) is 21.0. The highest BCUT2D eigenvalue weighted by Gasteiger charge is 2.30. The lowest BCUT2D eigenvalue weighted by Crippen LogP contribution is -2.49. The molecule has 10 nitrogen and oxygen atoms in total. The highest BCUT2D eigenvalue weighted by molar-refractivity contribution is 7.89. The third-order valence-electron chi connectivity index (χ3n) is 4.54. The lowest BCUT2D eigenvalue weighted by atomic mass is 10.2. The number of hydrogen-bond acceptors (Lipinski definition) is 6. The molecular formula is C18H26N6O4S. The van der Waals surface area contributed by atoms with Crippen LogP contribution in [0.2, 0.25) is 0 Å². The van der Waals surface area contributed by atoms with Crippen molar-refractivity contribution in [2.45, 2.75) is 26.1 Å². The van der Waals surface area contributed by atoms with Gasteiger partial charge in [-0.2, -0.15) is 4.31 Å². The number of ether oxygens (including phenoxy) is 1. The molecule has 11 heteroatoms. The molecule has 2 unspecified atom stereocenters. The zero-order valence-corrected chi connectivity index (χ0v) is 17.5. The molecule has 29 heavy (non-hydrogen) atoms. The molecule has 1 saturated heterocycles. The summed E-state index contributed by atoms with van der Waals surface area (Å²) in [4.78, 5) is 12.1. The van der Waals surface area contributed by atoms with Crippen molar-refractivity contribution in [3.8, 4) is 11.4 Å². The summed E-state index contributed by atoms with van der Waals surface area (Å²) >= 11 is 0. The van der Waals surface area contributed by atoms with Crippen LogP contribution in [-0.4, -0.2) is 71.1 Å². The second kappa shape index (κ2) is 8.89. The van der Waals surface area contributed by atoms with E-state index in [1.54, 1.807) is 23.0 Å². The smallest absolute Gasteiger partial charge is 0.319 e. The normalized spacial score (nSPS) is 20.4. The molecule has 2 atom stereocenters. The van der Waals surface area contributed by atoms with Crippen molar-refractivity contribution in [1.29, 1.82) is 0 Å². The highest BCUT2D eigenvalue weighted by Crippen LogP contribution is 2.18. The number of carbonyl (C=O) groups excluding carboxylic acids is 1. The van der Waals surface area contributed by atoms with E-state index >= 15 is 0 Å². The number of hydrogen-bond donors (Lipinski definition) is 2. The van der Waals surface area contributed by atoms with Crippen LogP contribution in [0.15, 0.2) is 30.6 Å². The monoisotopic (exact) mass is 422 g/mol. The molecule has 1 aliphatic rings. The first kappa shape index (κ1) is 21.2. The van der Waals surface area contributed by atoms with Crippen molar-refractivity contribution < 1.29 is 17.9 Å². The Balaban J connectivity index is 1.48. The maximum atomic E-state index is 12.5. The van der Waals surface area contributed by atoms with Crippen LogP contribution in [0.4, 0.5) is 10.5 Å². The van der Waals surface area contributed by atoms with Gasteiger partial charge < -0.3 is 19.9 Å². The number of morpholine rings is 1. The van der Waals surface area contributed by atoms with Gasteiger partial charge in [-0.15, -0.1) is 10.2 Å². The predicted molar refractivity (Wildman–Crippen MR) is 109 cm³/mol. The predicted octanol–water partition coefficient (Wildman–Crippen LogP) is 1.04. The first-order chi connectivity index (χ1) is 13.7. The summed E-state index contributed by atoms with van der Waals surface area (Å²) in [6, 6.07) is 6.68. The van der Waals surface area contributed by atoms with E-state index in [1.165, 1.54) is 4.31 Å². The van der Waals surface area contributed by atoms with Crippen LogP contribution < -0.4 is 10.6 Å². The molecule has 2 aromatic rings. The zero-order valence-electron chi connectivity index (χ0n) is 16.7. The van der Waals surface area contributed by atoms with Crippen LogP contribution in [-0.2, 0) is 21.8 Å². The van der Waals surface area contributed by atoms with E-state index < -0.39 is 16.1 Å². The van der Waals surface area contributed by atoms with Crippen LogP contribution in [0.1, 0.15) is 13.8 Å². The summed E-state index contributed by atoms with van der Waals surface area (Å²) in [6.45, 7) is 4.37. The van der Waals surface area contributed by atoms with Gasteiger partial charge in [0.15, 0.2) is 5.82 Å². The van der Waals surface area contributed by atoms with Crippen molar-refractivity contribution >= 4 is 21.7 Å². The standard InChI is InChI=1S/C18H26N6O4S/c1-13-10-24(11-14(2)28-13)29(26,27)9-8-19-18(25)21-16-6-4-15(5-7-16)17-22-20-12-23(17)3/h4-7,12-14H,8-11H2,1-3H3,(H2,19,21,25). The lowest BCUT2D eigenvalue weighted by Gasteiger charge is -2.34. The summed E-state index contributed by atoms with van der Waals surface area (Å²) < 4.78 is 33.7. The molecule has 158 valence electrons. The van der Waals surface area contributed by atoms with Crippen LogP contribution >= 0.6 is 0 Å². The topological polar surface area (TPSA) is 118 Å². The minimum Gasteiger partial charge on any atom is -0.373 e. The molecule has 0 radical (unpaired) electrons. The molecular weight excluding hydrogens is 396 g/mol. The number of benzene rings is 1. The summed E-state index contributed by atoms with van der Waals surface area (Å²) in [6.07, 6.45) is 1.32. The quantitative estimate of drug-likeness (QED) is 0.718. The Bertz CT molecular complexity index is 934. The van der Waals surface area contributed by atoms with E-state index in [2.05, 4.69) is 20.8 Å². The van der Waals surface area contributed by atoms with E-state index in [0.717, 1.165) is 11.4 Å². The van der Waals surface area contributed by atoms with E-state index in [0.29, 0.717) is 18.8 Å². The largest absolute Gasteiger partial charge is 0.373 e. The van der Waals surface area contributed by atoms with Crippen molar-refractivity contribution in [2.24, 2.45) is 7.05 Å². The maximum Gasteiger partial charge on any atom is 0.319 e. The molecule has 2 amide bonds. The Hall–Kier alpha value is -2.50. The van der Waals surface area contributed by atoms with Gasteiger partial charge in [0.25, 0.3) is 0 Å². The van der Waals surface area contributed by atoms with Gasteiger partial charge in [0.2, 0.25) is 10.0 Å². The van der Waals surface area contributed by atoms with Gasteiger partial charge in [0.1, 0.15) is 6.33 Å². The van der Waals surface area contributed by atoms with Crippen molar-refractivity contribution in [3.63, 3.8) is 0 Å². The molecule has 0 spiro atoms. The van der Waals surface area contributed by atoms with Crippen molar-refractivity contribution in [3.05, 3.63) is 30.6 Å². The van der Waals surface area contributed by atoms with E-state index in [9.17, 15) is 13.2 Å². The Labute approximate surface area is 170 Å². The molecule has 1 aliphatic heterocycles. The number of anilines is 1. The third-order valence-corrected chi connectivity index (χ3v) is 6.34. The number of nitrogens with one attached hydrogen (secondary N) is 2. The fraction of sp³-hybridized carbons (Fsp3) is 0.500. The summed E-state index contributed by atoms with van der Waals surface area (Å²) in [5, 5.41) is 13.1.